The second-order valence-corrected chi connectivity index (χ2v) is 7.00. The zero-order valence-corrected chi connectivity index (χ0v) is 17.7. The molecule has 164 valence electrons. The summed E-state index contributed by atoms with van der Waals surface area (Å²) in [5.41, 5.74) is 2.97. The van der Waals surface area contributed by atoms with Gasteiger partial charge < -0.3 is 18.9 Å². The molecule has 32 heavy (non-hydrogen) atoms. The van der Waals surface area contributed by atoms with Gasteiger partial charge in [0.25, 0.3) is 0 Å². The van der Waals surface area contributed by atoms with E-state index in [0.29, 0.717) is 29.2 Å². The molecule has 4 rings (SSSR count). The fourth-order valence-electron chi connectivity index (χ4n) is 3.35. The van der Waals surface area contributed by atoms with E-state index in [1.54, 1.807) is 31.0 Å². The molecular formula is C24H22N2O6. The van der Waals surface area contributed by atoms with Crippen molar-refractivity contribution < 1.29 is 28.5 Å². The predicted octanol–water partition coefficient (Wildman–Crippen LogP) is 3.43. The van der Waals surface area contributed by atoms with Crippen LogP contribution in [0, 0.1) is 0 Å². The third kappa shape index (κ3) is 4.49. The predicted molar refractivity (Wildman–Crippen MR) is 117 cm³/mol. The summed E-state index contributed by atoms with van der Waals surface area (Å²) in [4.78, 5) is 23.8. The zero-order chi connectivity index (χ0) is 22.5. The SMILES string of the molecule is COc1ccc(-c2nn(-c3ccccc3)cc2/C=C\C(=O)O[C@@H]2CCOC2=O)cc1OC. The molecule has 1 fully saturated rings. The Balaban J connectivity index is 1.68. The monoisotopic (exact) mass is 434 g/mol. The quantitative estimate of drug-likeness (QED) is 0.416. The maximum atomic E-state index is 12.2. The molecule has 2 heterocycles. The third-order valence-electron chi connectivity index (χ3n) is 4.96. The number of esters is 2. The largest absolute Gasteiger partial charge is 0.493 e. The molecule has 1 aliphatic rings. The Morgan fingerprint density at radius 2 is 1.91 bits per heavy atom. The lowest BCUT2D eigenvalue weighted by molar-refractivity contribution is -0.156. The number of methoxy groups -OCH3 is 2. The van der Waals surface area contributed by atoms with Gasteiger partial charge in [-0.3, -0.25) is 0 Å². The van der Waals surface area contributed by atoms with E-state index in [-0.39, 0.29) is 6.61 Å². The van der Waals surface area contributed by atoms with Gasteiger partial charge in [-0.1, -0.05) is 18.2 Å². The van der Waals surface area contributed by atoms with Crippen LogP contribution in [0.1, 0.15) is 12.0 Å². The molecule has 1 aliphatic heterocycles. The van der Waals surface area contributed by atoms with E-state index in [4.69, 9.17) is 24.0 Å². The van der Waals surface area contributed by atoms with Crippen LogP contribution < -0.4 is 9.47 Å². The number of aromatic nitrogens is 2. The lowest BCUT2D eigenvalue weighted by Crippen LogP contribution is -2.21. The van der Waals surface area contributed by atoms with Crippen molar-refractivity contribution in [2.45, 2.75) is 12.5 Å². The van der Waals surface area contributed by atoms with Crippen LogP contribution in [0.3, 0.4) is 0 Å². The van der Waals surface area contributed by atoms with Gasteiger partial charge in [0.2, 0.25) is 6.10 Å². The first-order chi connectivity index (χ1) is 15.6. The first kappa shape index (κ1) is 21.2. The van der Waals surface area contributed by atoms with E-state index < -0.39 is 18.0 Å². The summed E-state index contributed by atoms with van der Waals surface area (Å²) in [5, 5.41) is 4.72. The Morgan fingerprint density at radius 3 is 2.59 bits per heavy atom. The lowest BCUT2D eigenvalue weighted by atomic mass is 10.1. The molecule has 0 N–H and O–H groups in total. The summed E-state index contributed by atoms with van der Waals surface area (Å²) >= 11 is 0. The van der Waals surface area contributed by atoms with Crippen LogP contribution in [0.25, 0.3) is 23.0 Å². The third-order valence-corrected chi connectivity index (χ3v) is 4.96. The number of rotatable bonds is 7. The molecule has 8 heteroatoms. The molecule has 1 atom stereocenters. The van der Waals surface area contributed by atoms with Crippen molar-refractivity contribution in [2.24, 2.45) is 0 Å². The Hall–Kier alpha value is -4.07. The van der Waals surface area contributed by atoms with E-state index in [2.05, 4.69) is 0 Å². The fraction of sp³-hybridized carbons (Fsp3) is 0.208. The van der Waals surface area contributed by atoms with Crippen molar-refractivity contribution in [3.05, 3.63) is 66.4 Å². The number of benzene rings is 2. The highest BCUT2D eigenvalue weighted by Crippen LogP contribution is 2.33. The highest BCUT2D eigenvalue weighted by Gasteiger charge is 2.29. The molecule has 0 bridgehead atoms. The van der Waals surface area contributed by atoms with Crippen LogP contribution in [0.2, 0.25) is 0 Å². The molecule has 0 aliphatic carbocycles. The van der Waals surface area contributed by atoms with Crippen molar-refractivity contribution in [3.63, 3.8) is 0 Å². The fourth-order valence-corrected chi connectivity index (χ4v) is 3.35. The van der Waals surface area contributed by atoms with E-state index in [1.807, 2.05) is 48.7 Å². The number of nitrogens with zero attached hydrogens (tertiary/aromatic N) is 2. The van der Waals surface area contributed by atoms with E-state index in [0.717, 1.165) is 11.3 Å². The van der Waals surface area contributed by atoms with Crippen LogP contribution in [-0.2, 0) is 19.1 Å². The molecule has 1 aromatic heterocycles. The first-order valence-corrected chi connectivity index (χ1v) is 10.0. The molecule has 0 spiro atoms. The topological polar surface area (TPSA) is 88.9 Å². The molecule has 0 radical (unpaired) electrons. The summed E-state index contributed by atoms with van der Waals surface area (Å²) in [7, 11) is 3.14. The van der Waals surface area contributed by atoms with Crippen molar-refractivity contribution >= 4 is 18.0 Å². The summed E-state index contributed by atoms with van der Waals surface area (Å²) in [6.07, 6.45) is 4.21. The molecule has 0 saturated carbocycles. The summed E-state index contributed by atoms with van der Waals surface area (Å²) < 4.78 is 22.5. The minimum Gasteiger partial charge on any atom is -0.493 e. The Morgan fingerprint density at radius 1 is 1.12 bits per heavy atom. The van der Waals surface area contributed by atoms with Gasteiger partial charge in [0.1, 0.15) is 5.69 Å². The smallest absolute Gasteiger partial charge is 0.347 e. The van der Waals surface area contributed by atoms with Gasteiger partial charge in [-0.25, -0.2) is 14.3 Å². The zero-order valence-electron chi connectivity index (χ0n) is 17.7. The first-order valence-electron chi connectivity index (χ1n) is 10.0. The molecule has 8 nitrogen and oxygen atoms in total. The lowest BCUT2D eigenvalue weighted by Gasteiger charge is -2.09. The number of para-hydroxylation sites is 1. The number of ether oxygens (including phenoxy) is 4. The highest BCUT2D eigenvalue weighted by molar-refractivity contribution is 5.91. The molecule has 2 aromatic carbocycles. The van der Waals surface area contributed by atoms with Crippen LogP contribution in [0.4, 0.5) is 0 Å². The van der Waals surface area contributed by atoms with Gasteiger partial charge in [0.05, 0.1) is 26.5 Å². The van der Waals surface area contributed by atoms with Gasteiger partial charge >= 0.3 is 11.9 Å². The Bertz CT molecular complexity index is 1150. The van der Waals surface area contributed by atoms with Gasteiger partial charge in [0, 0.05) is 29.8 Å². The van der Waals surface area contributed by atoms with Gasteiger partial charge in [-0.15, -0.1) is 0 Å². The summed E-state index contributed by atoms with van der Waals surface area (Å²) in [6.45, 7) is 0.258. The van der Waals surface area contributed by atoms with Gasteiger partial charge in [0.15, 0.2) is 11.5 Å². The number of cyclic esters (lactones) is 1. The molecule has 1 saturated heterocycles. The highest BCUT2D eigenvalue weighted by atomic mass is 16.6. The minimum absolute atomic E-state index is 0.258. The maximum absolute atomic E-state index is 12.2. The van der Waals surface area contributed by atoms with E-state index >= 15 is 0 Å². The van der Waals surface area contributed by atoms with Crippen LogP contribution >= 0.6 is 0 Å². The number of carbonyl (C=O) groups excluding carboxylic acids is 2. The second kappa shape index (κ2) is 9.38. The molecule has 0 unspecified atom stereocenters. The van der Waals surface area contributed by atoms with E-state index in [9.17, 15) is 9.59 Å². The Labute approximate surface area is 185 Å². The van der Waals surface area contributed by atoms with Crippen molar-refractivity contribution in [2.75, 3.05) is 20.8 Å². The van der Waals surface area contributed by atoms with Crippen LogP contribution in [-0.4, -0.2) is 48.6 Å². The normalized spacial score (nSPS) is 15.6. The van der Waals surface area contributed by atoms with Gasteiger partial charge in [-0.2, -0.15) is 5.10 Å². The average molecular weight is 434 g/mol. The molecular weight excluding hydrogens is 412 g/mol. The molecule has 0 amide bonds. The maximum Gasteiger partial charge on any atom is 0.347 e. The van der Waals surface area contributed by atoms with Crippen LogP contribution in [0.5, 0.6) is 11.5 Å². The second-order valence-electron chi connectivity index (χ2n) is 7.00. The van der Waals surface area contributed by atoms with Crippen molar-refractivity contribution in [3.8, 4) is 28.4 Å². The number of hydrogen-bond donors (Lipinski definition) is 0. The van der Waals surface area contributed by atoms with Gasteiger partial charge in [-0.05, 0) is 36.4 Å². The number of hydrogen-bond acceptors (Lipinski definition) is 7. The average Bonchev–Trinajstić information content (AvgIpc) is 3.44. The number of carbonyl (C=O) groups is 2. The minimum atomic E-state index is -0.857. The molecule has 3 aromatic rings. The van der Waals surface area contributed by atoms with Crippen molar-refractivity contribution in [1.29, 1.82) is 0 Å². The summed E-state index contributed by atoms with van der Waals surface area (Å²) in [6, 6.07) is 15.1. The Kier molecular flexibility index (Phi) is 6.21. The van der Waals surface area contributed by atoms with Crippen LogP contribution in [0.15, 0.2) is 60.8 Å². The van der Waals surface area contributed by atoms with Crippen molar-refractivity contribution in [1.82, 2.24) is 9.78 Å². The summed E-state index contributed by atoms with van der Waals surface area (Å²) in [5.74, 6) is 0.0189. The standard InChI is InChI=1S/C24H22N2O6/c1-29-19-10-8-16(14-21(19)30-2)23-17(15-26(25-23)18-6-4-3-5-7-18)9-11-22(27)32-20-12-13-31-24(20)28/h3-11,14-15,20H,12-13H2,1-2H3/b11-9-/t20-/m1/s1. The van der Waals surface area contributed by atoms with E-state index in [1.165, 1.54) is 6.08 Å².